The second-order valence-corrected chi connectivity index (χ2v) is 6.19. The van der Waals surface area contributed by atoms with Crippen molar-refractivity contribution >= 4 is 22.3 Å². The van der Waals surface area contributed by atoms with E-state index in [1.807, 2.05) is 0 Å². The molecule has 1 atom stereocenters. The molecule has 1 unspecified atom stereocenters. The van der Waals surface area contributed by atoms with Gasteiger partial charge in [0.1, 0.15) is 5.69 Å². The Kier molecular flexibility index (Phi) is 4.79. The van der Waals surface area contributed by atoms with E-state index in [4.69, 9.17) is 9.47 Å². The maximum Gasteiger partial charge on any atom is 0.417 e. The molecule has 1 aromatic heterocycles. The Morgan fingerprint density at radius 1 is 1.11 bits per heavy atom. The molecule has 0 saturated heterocycles. The molecule has 3 rings (SSSR count). The third-order valence-corrected chi connectivity index (χ3v) is 3.68. The lowest BCUT2D eigenvalue weighted by molar-refractivity contribution is -0.136. The lowest BCUT2D eigenvalue weighted by Crippen LogP contribution is -2.37. The fourth-order valence-electron chi connectivity index (χ4n) is 2.71. The number of hydrogen-bond acceptors (Lipinski definition) is 4. The lowest BCUT2D eigenvalue weighted by Gasteiger charge is -2.29. The molecule has 4 nitrogen and oxygen atoms in total. The van der Waals surface area contributed by atoms with Crippen molar-refractivity contribution in [2.45, 2.75) is 45.0 Å². The Morgan fingerprint density at radius 3 is 2.41 bits per heavy atom. The molecule has 146 valence electrons. The molecular formula is C17H14F6N2O2. The fraction of sp³-hybridized carbons (Fsp3) is 0.412. The van der Waals surface area contributed by atoms with Crippen molar-refractivity contribution in [3.05, 3.63) is 30.0 Å². The van der Waals surface area contributed by atoms with E-state index in [0.29, 0.717) is 0 Å². The number of ether oxygens (including phenoxy) is 2. The average molecular weight is 392 g/mol. The first kappa shape index (κ1) is 19.4. The van der Waals surface area contributed by atoms with Gasteiger partial charge < -0.3 is 9.47 Å². The lowest BCUT2D eigenvalue weighted by atomic mass is 10.1. The van der Waals surface area contributed by atoms with Gasteiger partial charge in [-0.3, -0.25) is 4.98 Å². The molecule has 2 aromatic rings. The highest BCUT2D eigenvalue weighted by molar-refractivity contribution is 5.99. The molecular weight excluding hydrogens is 378 g/mol. The average Bonchev–Trinajstić information content (AvgIpc) is 2.52. The summed E-state index contributed by atoms with van der Waals surface area (Å²) < 4.78 is 89.5. The standard InChI is InChI=1S/C17H14F6N2O2/c1-8(2)26-15-12(7-16(18,19)20)25-11-4-3-10-13(14(11)27-15)9(5-6-24-10)17(21,22)23/h3-6,8,15H,7H2,1-2H3. The highest BCUT2D eigenvalue weighted by Crippen LogP contribution is 2.45. The zero-order chi connectivity index (χ0) is 20.0. The van der Waals surface area contributed by atoms with Gasteiger partial charge in [-0.05, 0) is 32.0 Å². The normalized spacial score (nSPS) is 17.7. The van der Waals surface area contributed by atoms with Crippen LogP contribution in [0.3, 0.4) is 0 Å². The minimum atomic E-state index is -4.70. The van der Waals surface area contributed by atoms with Crippen LogP contribution in [-0.2, 0) is 10.9 Å². The Hall–Kier alpha value is -2.36. The highest BCUT2D eigenvalue weighted by atomic mass is 19.4. The number of aromatic nitrogens is 1. The summed E-state index contributed by atoms with van der Waals surface area (Å²) >= 11 is 0. The van der Waals surface area contributed by atoms with Gasteiger partial charge in [-0.1, -0.05) is 0 Å². The molecule has 10 heteroatoms. The van der Waals surface area contributed by atoms with Crippen LogP contribution in [0.15, 0.2) is 29.4 Å². The highest BCUT2D eigenvalue weighted by Gasteiger charge is 2.39. The van der Waals surface area contributed by atoms with Crippen LogP contribution in [0.1, 0.15) is 25.8 Å². The fourth-order valence-corrected chi connectivity index (χ4v) is 2.71. The van der Waals surface area contributed by atoms with E-state index < -0.39 is 42.4 Å². The molecule has 1 aliphatic rings. The van der Waals surface area contributed by atoms with Crippen molar-refractivity contribution in [1.82, 2.24) is 4.98 Å². The summed E-state index contributed by atoms with van der Waals surface area (Å²) in [5, 5.41) is -0.366. The number of fused-ring (bicyclic) bond motifs is 3. The number of pyridine rings is 1. The van der Waals surface area contributed by atoms with Crippen LogP contribution in [0.25, 0.3) is 10.9 Å². The van der Waals surface area contributed by atoms with E-state index in [0.717, 1.165) is 12.3 Å². The van der Waals surface area contributed by atoms with Crippen molar-refractivity contribution in [1.29, 1.82) is 0 Å². The molecule has 0 fully saturated rings. The second-order valence-electron chi connectivity index (χ2n) is 6.19. The number of nitrogens with zero attached hydrogens (tertiary/aromatic N) is 2. The summed E-state index contributed by atoms with van der Waals surface area (Å²) in [5.41, 5.74) is -1.62. The Balaban J connectivity index is 2.20. The molecule has 27 heavy (non-hydrogen) atoms. The number of hydrogen-bond donors (Lipinski definition) is 0. The third-order valence-electron chi connectivity index (χ3n) is 3.68. The zero-order valence-electron chi connectivity index (χ0n) is 14.1. The van der Waals surface area contributed by atoms with Gasteiger partial charge in [0.2, 0.25) is 6.29 Å². The van der Waals surface area contributed by atoms with E-state index in [9.17, 15) is 26.3 Å². The topological polar surface area (TPSA) is 43.7 Å². The van der Waals surface area contributed by atoms with Crippen molar-refractivity contribution in [2.24, 2.45) is 4.99 Å². The number of benzene rings is 1. The van der Waals surface area contributed by atoms with Crippen LogP contribution in [0.2, 0.25) is 0 Å². The molecule has 1 aliphatic heterocycles. The maximum atomic E-state index is 13.4. The summed E-state index contributed by atoms with van der Waals surface area (Å²) in [7, 11) is 0. The third kappa shape index (κ3) is 4.15. The Labute approximate surface area is 149 Å². The van der Waals surface area contributed by atoms with Gasteiger partial charge in [-0.15, -0.1) is 0 Å². The first-order chi connectivity index (χ1) is 12.5. The Morgan fingerprint density at radius 2 is 1.81 bits per heavy atom. The van der Waals surface area contributed by atoms with Crippen molar-refractivity contribution in [3.63, 3.8) is 0 Å². The van der Waals surface area contributed by atoms with E-state index in [-0.39, 0.29) is 22.3 Å². The van der Waals surface area contributed by atoms with Gasteiger partial charge in [0.15, 0.2) is 5.75 Å². The molecule has 0 bridgehead atoms. The molecule has 0 radical (unpaired) electrons. The summed E-state index contributed by atoms with van der Waals surface area (Å²) in [6, 6.07) is 3.30. The maximum absolute atomic E-state index is 13.4. The van der Waals surface area contributed by atoms with Crippen LogP contribution >= 0.6 is 0 Å². The molecule has 0 aliphatic carbocycles. The number of aliphatic imine (C=N–C) groups is 1. The molecule has 0 N–H and O–H groups in total. The summed E-state index contributed by atoms with van der Waals surface area (Å²) in [5.74, 6) is -0.301. The smallest absolute Gasteiger partial charge is 0.417 e. The van der Waals surface area contributed by atoms with Crippen molar-refractivity contribution < 1.29 is 35.8 Å². The van der Waals surface area contributed by atoms with E-state index >= 15 is 0 Å². The van der Waals surface area contributed by atoms with Gasteiger partial charge in [-0.2, -0.15) is 26.3 Å². The molecule has 2 heterocycles. The van der Waals surface area contributed by atoms with Gasteiger partial charge in [-0.25, -0.2) is 4.99 Å². The van der Waals surface area contributed by atoms with Gasteiger partial charge in [0.05, 0.1) is 34.7 Å². The molecule has 0 amide bonds. The predicted molar refractivity (Wildman–Crippen MR) is 85.1 cm³/mol. The minimum absolute atomic E-state index is 0.0126. The van der Waals surface area contributed by atoms with Gasteiger partial charge in [0.25, 0.3) is 0 Å². The second kappa shape index (κ2) is 6.66. The van der Waals surface area contributed by atoms with Crippen LogP contribution < -0.4 is 4.74 Å². The Bertz CT molecular complexity index is 889. The monoisotopic (exact) mass is 392 g/mol. The predicted octanol–water partition coefficient (Wildman–Crippen LogP) is 5.42. The minimum Gasteiger partial charge on any atom is -0.456 e. The first-order valence-corrected chi connectivity index (χ1v) is 7.91. The van der Waals surface area contributed by atoms with E-state index in [1.165, 1.54) is 12.1 Å². The SMILES string of the molecule is CC(C)OC1Oc2c(ccc3nccc(C(F)(F)F)c23)N=C1CC(F)(F)F. The first-order valence-electron chi connectivity index (χ1n) is 7.91. The van der Waals surface area contributed by atoms with Crippen LogP contribution in [0, 0.1) is 0 Å². The van der Waals surface area contributed by atoms with Crippen LogP contribution in [0.5, 0.6) is 5.75 Å². The summed E-state index contributed by atoms with van der Waals surface area (Å²) in [6.07, 6.45) is -11.8. The van der Waals surface area contributed by atoms with Crippen molar-refractivity contribution in [2.75, 3.05) is 0 Å². The largest absolute Gasteiger partial charge is 0.456 e. The van der Waals surface area contributed by atoms with Gasteiger partial charge in [0, 0.05) is 6.20 Å². The zero-order valence-corrected chi connectivity index (χ0v) is 14.1. The molecule has 1 aromatic carbocycles. The number of alkyl halides is 6. The van der Waals surface area contributed by atoms with E-state index in [1.54, 1.807) is 13.8 Å². The van der Waals surface area contributed by atoms with Crippen LogP contribution in [-0.4, -0.2) is 29.3 Å². The quantitative estimate of drug-likeness (QED) is 0.655. The van der Waals surface area contributed by atoms with Crippen molar-refractivity contribution in [3.8, 4) is 5.75 Å². The molecule has 0 spiro atoms. The number of rotatable bonds is 3. The summed E-state index contributed by atoms with van der Waals surface area (Å²) in [6.45, 7) is 3.13. The van der Waals surface area contributed by atoms with Gasteiger partial charge >= 0.3 is 12.4 Å². The number of halogens is 6. The summed E-state index contributed by atoms with van der Waals surface area (Å²) in [4.78, 5) is 7.77. The van der Waals surface area contributed by atoms with Crippen LogP contribution in [0.4, 0.5) is 32.0 Å². The molecule has 0 saturated carbocycles. The van der Waals surface area contributed by atoms with E-state index in [2.05, 4.69) is 9.98 Å².